The van der Waals surface area contributed by atoms with E-state index in [1.165, 1.54) is 24.4 Å². The SMILES string of the molecule is COc1ccc(CC(C)=O)cc1S(=O)(=O)N1CCOCC1. The molecule has 0 saturated carbocycles. The third kappa shape index (κ3) is 3.61. The number of carbonyl (C=O) groups is 1. The van der Waals surface area contributed by atoms with Crippen LogP contribution in [0.15, 0.2) is 23.1 Å². The molecule has 1 heterocycles. The largest absolute Gasteiger partial charge is 0.495 e. The first-order valence-corrected chi connectivity index (χ1v) is 8.13. The van der Waals surface area contributed by atoms with E-state index < -0.39 is 10.0 Å². The number of ketones is 1. The normalized spacial score (nSPS) is 16.7. The molecule has 1 aliphatic heterocycles. The van der Waals surface area contributed by atoms with E-state index in [9.17, 15) is 13.2 Å². The van der Waals surface area contributed by atoms with Crippen molar-refractivity contribution < 1.29 is 22.7 Å². The van der Waals surface area contributed by atoms with E-state index in [2.05, 4.69) is 0 Å². The summed E-state index contributed by atoms with van der Waals surface area (Å²) in [6.45, 7) is 2.88. The molecule has 116 valence electrons. The molecule has 7 heteroatoms. The molecular formula is C14H19NO5S. The third-order valence-corrected chi connectivity index (χ3v) is 5.19. The minimum atomic E-state index is -3.65. The first kappa shape index (κ1) is 15.9. The van der Waals surface area contributed by atoms with Crippen molar-refractivity contribution in [3.05, 3.63) is 23.8 Å². The third-order valence-electron chi connectivity index (χ3n) is 3.27. The van der Waals surface area contributed by atoms with Gasteiger partial charge in [0, 0.05) is 19.5 Å². The number of hydrogen-bond acceptors (Lipinski definition) is 5. The molecular weight excluding hydrogens is 294 g/mol. The molecule has 1 aromatic rings. The average Bonchev–Trinajstić information content (AvgIpc) is 2.47. The van der Waals surface area contributed by atoms with E-state index in [-0.39, 0.29) is 22.8 Å². The van der Waals surface area contributed by atoms with Crippen molar-refractivity contribution in [2.24, 2.45) is 0 Å². The van der Waals surface area contributed by atoms with Gasteiger partial charge in [-0.15, -0.1) is 0 Å². The van der Waals surface area contributed by atoms with Crippen molar-refractivity contribution in [3.63, 3.8) is 0 Å². The van der Waals surface area contributed by atoms with Crippen molar-refractivity contribution in [3.8, 4) is 5.75 Å². The van der Waals surface area contributed by atoms with Gasteiger partial charge >= 0.3 is 0 Å². The lowest BCUT2D eigenvalue weighted by Crippen LogP contribution is -2.40. The second kappa shape index (κ2) is 6.55. The number of rotatable bonds is 5. The highest BCUT2D eigenvalue weighted by atomic mass is 32.2. The second-order valence-electron chi connectivity index (χ2n) is 4.88. The summed E-state index contributed by atoms with van der Waals surface area (Å²) in [6.07, 6.45) is 0.204. The molecule has 1 fully saturated rings. The minimum Gasteiger partial charge on any atom is -0.495 e. The van der Waals surface area contributed by atoms with Crippen LogP contribution in [-0.4, -0.2) is 51.9 Å². The summed E-state index contributed by atoms with van der Waals surface area (Å²) in [7, 11) is -2.22. The molecule has 2 rings (SSSR count). The number of ether oxygens (including phenoxy) is 2. The molecule has 0 bridgehead atoms. The number of Topliss-reactive ketones (excluding diaryl/α,β-unsaturated/α-hetero) is 1. The fourth-order valence-electron chi connectivity index (χ4n) is 2.25. The van der Waals surface area contributed by atoms with Crippen molar-refractivity contribution in [1.82, 2.24) is 4.31 Å². The Morgan fingerprint density at radius 1 is 1.33 bits per heavy atom. The summed E-state index contributed by atoms with van der Waals surface area (Å²) in [5, 5.41) is 0. The Morgan fingerprint density at radius 2 is 2.00 bits per heavy atom. The maximum absolute atomic E-state index is 12.7. The number of morpholine rings is 1. The highest BCUT2D eigenvalue weighted by molar-refractivity contribution is 7.89. The van der Waals surface area contributed by atoms with Crippen LogP contribution >= 0.6 is 0 Å². The quantitative estimate of drug-likeness (QED) is 0.806. The first-order valence-electron chi connectivity index (χ1n) is 6.69. The number of benzene rings is 1. The van der Waals surface area contributed by atoms with Gasteiger partial charge in [0.1, 0.15) is 16.4 Å². The smallest absolute Gasteiger partial charge is 0.246 e. The highest BCUT2D eigenvalue weighted by Crippen LogP contribution is 2.28. The average molecular weight is 313 g/mol. The van der Waals surface area contributed by atoms with Crippen LogP contribution in [0, 0.1) is 0 Å². The Kier molecular flexibility index (Phi) is 4.97. The minimum absolute atomic E-state index is 0.0186. The molecule has 0 aromatic heterocycles. The first-order chi connectivity index (χ1) is 9.95. The lowest BCUT2D eigenvalue weighted by atomic mass is 10.1. The number of sulfonamides is 1. The maximum atomic E-state index is 12.7. The van der Waals surface area contributed by atoms with E-state index in [0.29, 0.717) is 31.9 Å². The summed E-state index contributed by atoms with van der Waals surface area (Å²) < 4.78 is 37.1. The Bertz CT molecular complexity index is 620. The van der Waals surface area contributed by atoms with Gasteiger partial charge in [0.25, 0.3) is 0 Å². The fourth-order valence-corrected chi connectivity index (χ4v) is 3.86. The van der Waals surface area contributed by atoms with Gasteiger partial charge in [0.2, 0.25) is 10.0 Å². The molecule has 0 spiro atoms. The molecule has 1 aromatic carbocycles. The van der Waals surface area contributed by atoms with Crippen LogP contribution in [0.25, 0.3) is 0 Å². The topological polar surface area (TPSA) is 72.9 Å². The number of carbonyl (C=O) groups excluding carboxylic acids is 1. The number of hydrogen-bond donors (Lipinski definition) is 0. The molecule has 1 saturated heterocycles. The van der Waals surface area contributed by atoms with Gasteiger partial charge in [-0.05, 0) is 24.6 Å². The lowest BCUT2D eigenvalue weighted by molar-refractivity contribution is -0.116. The molecule has 0 radical (unpaired) electrons. The Labute approximate surface area is 124 Å². The van der Waals surface area contributed by atoms with E-state index >= 15 is 0 Å². The molecule has 6 nitrogen and oxygen atoms in total. The standard InChI is InChI=1S/C14H19NO5S/c1-11(16)9-12-3-4-13(19-2)14(10-12)21(17,18)15-5-7-20-8-6-15/h3-4,10H,5-9H2,1-2H3. The lowest BCUT2D eigenvalue weighted by Gasteiger charge is -2.26. The van der Waals surface area contributed by atoms with E-state index in [1.54, 1.807) is 12.1 Å². The second-order valence-corrected chi connectivity index (χ2v) is 6.79. The van der Waals surface area contributed by atoms with Crippen molar-refractivity contribution >= 4 is 15.8 Å². The predicted octanol–water partition coefficient (Wildman–Crippen LogP) is 0.848. The van der Waals surface area contributed by atoms with Crippen LogP contribution in [0.4, 0.5) is 0 Å². The monoisotopic (exact) mass is 313 g/mol. The summed E-state index contributed by atoms with van der Waals surface area (Å²) in [6, 6.07) is 4.81. The van der Waals surface area contributed by atoms with Gasteiger partial charge < -0.3 is 9.47 Å². The van der Waals surface area contributed by atoms with Gasteiger partial charge in [0.05, 0.1) is 20.3 Å². The molecule has 0 unspecified atom stereocenters. The highest BCUT2D eigenvalue weighted by Gasteiger charge is 2.29. The van der Waals surface area contributed by atoms with Gasteiger partial charge in [-0.1, -0.05) is 6.07 Å². The van der Waals surface area contributed by atoms with Crippen LogP contribution in [0.2, 0.25) is 0 Å². The number of methoxy groups -OCH3 is 1. The summed E-state index contributed by atoms with van der Waals surface area (Å²) >= 11 is 0. The fraction of sp³-hybridized carbons (Fsp3) is 0.500. The molecule has 1 aliphatic rings. The predicted molar refractivity (Wildman–Crippen MR) is 77.0 cm³/mol. The van der Waals surface area contributed by atoms with Crippen LogP contribution < -0.4 is 4.74 Å². The van der Waals surface area contributed by atoms with Crippen LogP contribution in [0.3, 0.4) is 0 Å². The molecule has 0 N–H and O–H groups in total. The van der Waals surface area contributed by atoms with Crippen LogP contribution in [-0.2, 0) is 26.0 Å². The Balaban J connectivity index is 2.41. The maximum Gasteiger partial charge on any atom is 0.246 e. The molecule has 0 amide bonds. The van der Waals surface area contributed by atoms with Gasteiger partial charge in [-0.3, -0.25) is 4.79 Å². The summed E-state index contributed by atoms with van der Waals surface area (Å²) in [4.78, 5) is 11.3. The molecule has 0 aliphatic carbocycles. The van der Waals surface area contributed by atoms with Crippen LogP contribution in [0.5, 0.6) is 5.75 Å². The molecule has 21 heavy (non-hydrogen) atoms. The molecule has 0 atom stereocenters. The summed E-state index contributed by atoms with van der Waals surface area (Å²) in [5.41, 5.74) is 0.662. The van der Waals surface area contributed by atoms with Gasteiger partial charge in [0.15, 0.2) is 0 Å². The van der Waals surface area contributed by atoms with Crippen molar-refractivity contribution in [1.29, 1.82) is 0 Å². The Morgan fingerprint density at radius 3 is 2.57 bits per heavy atom. The Hall–Kier alpha value is -1.44. The zero-order chi connectivity index (χ0) is 15.5. The van der Waals surface area contributed by atoms with Gasteiger partial charge in [-0.2, -0.15) is 4.31 Å². The van der Waals surface area contributed by atoms with Crippen molar-refractivity contribution in [2.75, 3.05) is 33.4 Å². The van der Waals surface area contributed by atoms with E-state index in [4.69, 9.17) is 9.47 Å². The van der Waals surface area contributed by atoms with Gasteiger partial charge in [-0.25, -0.2) is 8.42 Å². The van der Waals surface area contributed by atoms with Crippen molar-refractivity contribution in [2.45, 2.75) is 18.2 Å². The van der Waals surface area contributed by atoms with E-state index in [0.717, 1.165) is 0 Å². The zero-order valence-electron chi connectivity index (χ0n) is 12.2. The zero-order valence-corrected chi connectivity index (χ0v) is 13.0. The van der Waals surface area contributed by atoms with E-state index in [1.807, 2.05) is 0 Å². The number of nitrogens with zero attached hydrogens (tertiary/aromatic N) is 1. The van der Waals surface area contributed by atoms with Crippen LogP contribution in [0.1, 0.15) is 12.5 Å². The summed E-state index contributed by atoms with van der Waals surface area (Å²) in [5.74, 6) is 0.267.